The van der Waals surface area contributed by atoms with E-state index in [1.807, 2.05) is 6.07 Å². The maximum absolute atomic E-state index is 12.8. The second-order valence-corrected chi connectivity index (χ2v) is 6.39. The first-order valence-electron chi connectivity index (χ1n) is 7.82. The normalized spacial score (nSPS) is 11.3. The van der Waals surface area contributed by atoms with Crippen LogP contribution in [-0.4, -0.2) is 20.5 Å². The van der Waals surface area contributed by atoms with Gasteiger partial charge < -0.3 is 9.73 Å². The van der Waals surface area contributed by atoms with Gasteiger partial charge in [0.15, 0.2) is 11.0 Å². The van der Waals surface area contributed by atoms with E-state index in [0.717, 1.165) is 12.1 Å². The Kier molecular flexibility index (Phi) is 5.71. The summed E-state index contributed by atoms with van der Waals surface area (Å²) in [5, 5.41) is 20.4. The van der Waals surface area contributed by atoms with Gasteiger partial charge in [-0.1, -0.05) is 17.8 Å². The Hall–Kier alpha value is -2.93. The molecule has 27 heavy (non-hydrogen) atoms. The van der Waals surface area contributed by atoms with Crippen molar-refractivity contribution in [3.63, 3.8) is 0 Å². The zero-order valence-corrected chi connectivity index (χ0v) is 14.7. The molecule has 0 aliphatic heterocycles. The second kappa shape index (κ2) is 8.18. The van der Waals surface area contributed by atoms with Crippen LogP contribution in [0.5, 0.6) is 0 Å². The molecule has 3 aromatic rings. The Labute approximate surface area is 157 Å². The van der Waals surface area contributed by atoms with Crippen molar-refractivity contribution in [2.24, 2.45) is 0 Å². The van der Waals surface area contributed by atoms with Crippen molar-refractivity contribution >= 4 is 17.4 Å². The summed E-state index contributed by atoms with van der Waals surface area (Å²) in [6, 6.07) is 10.5. The molecule has 0 saturated heterocycles. The Morgan fingerprint density at radius 1 is 1.22 bits per heavy atom. The fourth-order valence-electron chi connectivity index (χ4n) is 2.36. The lowest BCUT2D eigenvalue weighted by molar-refractivity contribution is -0.137. The fourth-order valence-corrected chi connectivity index (χ4v) is 2.98. The van der Waals surface area contributed by atoms with E-state index in [2.05, 4.69) is 15.5 Å². The minimum atomic E-state index is -4.40. The molecule has 0 spiro atoms. The van der Waals surface area contributed by atoms with Crippen molar-refractivity contribution in [1.29, 1.82) is 5.26 Å². The zero-order chi connectivity index (χ0) is 19.3. The first kappa shape index (κ1) is 18.8. The van der Waals surface area contributed by atoms with Gasteiger partial charge in [0.25, 0.3) is 0 Å². The molecule has 10 heteroatoms. The Morgan fingerprint density at radius 3 is 2.78 bits per heavy atom. The number of rotatable bonds is 7. The molecule has 0 aliphatic rings. The largest absolute Gasteiger partial charge is 0.467 e. The highest BCUT2D eigenvalue weighted by atomic mass is 32.2. The van der Waals surface area contributed by atoms with E-state index in [4.69, 9.17) is 9.68 Å². The predicted octanol–water partition coefficient (Wildman–Crippen LogP) is 4.17. The van der Waals surface area contributed by atoms with Gasteiger partial charge in [-0.2, -0.15) is 18.4 Å². The third-order valence-corrected chi connectivity index (χ3v) is 4.43. The number of nitrogens with zero attached hydrogens (tertiary/aromatic N) is 4. The highest BCUT2D eigenvalue weighted by Gasteiger charge is 2.30. The summed E-state index contributed by atoms with van der Waals surface area (Å²) >= 11 is 1.23. The van der Waals surface area contributed by atoms with Gasteiger partial charge in [0.1, 0.15) is 5.76 Å². The number of hydrogen-bond acceptors (Lipinski definition) is 6. The second-order valence-electron chi connectivity index (χ2n) is 5.44. The van der Waals surface area contributed by atoms with Gasteiger partial charge in [0, 0.05) is 5.69 Å². The van der Waals surface area contributed by atoms with Crippen LogP contribution in [0.2, 0.25) is 0 Å². The molecule has 0 radical (unpaired) electrons. The summed E-state index contributed by atoms with van der Waals surface area (Å²) in [5.74, 6) is 1.40. The number of furan rings is 1. The number of nitriles is 1. The number of hydrogen-bond donors (Lipinski definition) is 1. The van der Waals surface area contributed by atoms with Gasteiger partial charge in [-0.3, -0.25) is 4.57 Å². The molecule has 0 atom stereocenters. The van der Waals surface area contributed by atoms with Gasteiger partial charge in [0.2, 0.25) is 0 Å². The Morgan fingerprint density at radius 2 is 2.07 bits per heavy atom. The maximum atomic E-state index is 12.8. The van der Waals surface area contributed by atoms with Gasteiger partial charge in [-0.25, -0.2) is 0 Å². The number of halogens is 3. The predicted molar refractivity (Wildman–Crippen MR) is 92.9 cm³/mol. The van der Waals surface area contributed by atoms with Crippen LogP contribution < -0.4 is 5.32 Å². The molecule has 0 aliphatic carbocycles. The van der Waals surface area contributed by atoms with Crippen molar-refractivity contribution in [3.05, 3.63) is 59.8 Å². The lowest BCUT2D eigenvalue weighted by Gasteiger charge is -2.11. The fraction of sp³-hybridized carbons (Fsp3) is 0.235. The van der Waals surface area contributed by atoms with Crippen molar-refractivity contribution in [2.75, 3.05) is 11.1 Å². The molecule has 2 aromatic heterocycles. The third-order valence-electron chi connectivity index (χ3n) is 3.59. The minimum absolute atomic E-state index is 0.169. The zero-order valence-electron chi connectivity index (χ0n) is 13.9. The van der Waals surface area contributed by atoms with Crippen LogP contribution in [0.15, 0.2) is 52.2 Å². The minimum Gasteiger partial charge on any atom is -0.467 e. The van der Waals surface area contributed by atoms with Crippen LogP contribution in [0.25, 0.3) is 0 Å². The number of benzene rings is 1. The first-order valence-corrected chi connectivity index (χ1v) is 8.81. The number of alkyl halides is 3. The van der Waals surface area contributed by atoms with Crippen LogP contribution in [0.3, 0.4) is 0 Å². The summed E-state index contributed by atoms with van der Waals surface area (Å²) < 4.78 is 45.6. The molecule has 0 saturated carbocycles. The summed E-state index contributed by atoms with van der Waals surface area (Å²) in [6.07, 6.45) is -2.86. The highest BCUT2D eigenvalue weighted by Crippen LogP contribution is 2.30. The Bertz CT molecular complexity index is 931. The monoisotopic (exact) mass is 393 g/mol. The van der Waals surface area contributed by atoms with Crippen LogP contribution in [0, 0.1) is 11.3 Å². The molecule has 1 aromatic carbocycles. The van der Waals surface area contributed by atoms with Gasteiger partial charge in [-0.15, -0.1) is 10.2 Å². The third kappa shape index (κ3) is 4.83. The van der Waals surface area contributed by atoms with E-state index in [9.17, 15) is 13.2 Å². The van der Waals surface area contributed by atoms with E-state index >= 15 is 0 Å². The summed E-state index contributed by atoms with van der Waals surface area (Å²) in [4.78, 5) is 0. The van der Waals surface area contributed by atoms with Crippen molar-refractivity contribution in [3.8, 4) is 6.07 Å². The number of thioether (sulfide) groups is 1. The van der Waals surface area contributed by atoms with Crippen LogP contribution >= 0.6 is 11.8 Å². The standard InChI is InChI=1S/C17H14F3N5OS/c18-17(19,20)12-3-1-4-13(9-12)22-10-15-23-24-16(27-8-6-21)25(15)11-14-5-2-7-26-14/h1-5,7,9,22H,8,10-11H2. The van der Waals surface area contributed by atoms with Crippen molar-refractivity contribution < 1.29 is 17.6 Å². The van der Waals surface area contributed by atoms with Crippen LogP contribution in [0.1, 0.15) is 17.1 Å². The average Bonchev–Trinajstić information content (AvgIpc) is 3.28. The van der Waals surface area contributed by atoms with Crippen molar-refractivity contribution in [1.82, 2.24) is 14.8 Å². The van der Waals surface area contributed by atoms with Crippen molar-refractivity contribution in [2.45, 2.75) is 24.4 Å². The maximum Gasteiger partial charge on any atom is 0.416 e. The quantitative estimate of drug-likeness (QED) is 0.607. The number of anilines is 1. The Balaban J connectivity index is 1.78. The van der Waals surface area contributed by atoms with E-state index in [1.54, 1.807) is 29.0 Å². The summed E-state index contributed by atoms with van der Waals surface area (Å²) in [6.45, 7) is 0.523. The van der Waals surface area contributed by atoms with E-state index in [-0.39, 0.29) is 12.3 Å². The molecule has 0 amide bonds. The molecule has 140 valence electrons. The van der Waals surface area contributed by atoms with Crippen LogP contribution in [0.4, 0.5) is 18.9 Å². The first-order chi connectivity index (χ1) is 13.0. The summed E-state index contributed by atoms with van der Waals surface area (Å²) in [5.41, 5.74) is -0.404. The molecule has 0 unspecified atom stereocenters. The lowest BCUT2D eigenvalue weighted by Crippen LogP contribution is -2.11. The molecule has 3 rings (SSSR count). The van der Waals surface area contributed by atoms with Gasteiger partial charge in [-0.05, 0) is 30.3 Å². The molecule has 0 fully saturated rings. The molecule has 6 nitrogen and oxygen atoms in total. The van der Waals surface area contributed by atoms with Crippen LogP contribution in [-0.2, 0) is 19.3 Å². The van der Waals surface area contributed by atoms with E-state index in [1.165, 1.54) is 17.8 Å². The number of nitrogens with one attached hydrogen (secondary N) is 1. The number of aromatic nitrogens is 3. The SMILES string of the molecule is N#CCSc1nnc(CNc2cccc(C(F)(F)F)c2)n1Cc1ccco1. The molecular formula is C17H14F3N5OS. The van der Waals surface area contributed by atoms with E-state index in [0.29, 0.717) is 29.0 Å². The molecule has 2 heterocycles. The smallest absolute Gasteiger partial charge is 0.416 e. The van der Waals surface area contributed by atoms with Gasteiger partial charge >= 0.3 is 6.18 Å². The molecule has 0 bridgehead atoms. The van der Waals surface area contributed by atoms with Gasteiger partial charge in [0.05, 0.1) is 36.7 Å². The molecular weight excluding hydrogens is 379 g/mol. The average molecular weight is 393 g/mol. The molecule has 1 N–H and O–H groups in total. The van der Waals surface area contributed by atoms with E-state index < -0.39 is 11.7 Å². The summed E-state index contributed by atoms with van der Waals surface area (Å²) in [7, 11) is 0. The topological polar surface area (TPSA) is 79.7 Å². The lowest BCUT2D eigenvalue weighted by atomic mass is 10.2. The highest BCUT2D eigenvalue weighted by molar-refractivity contribution is 7.99.